The average Bonchev–Trinajstić information content (AvgIpc) is 2.45. The highest BCUT2D eigenvalue weighted by molar-refractivity contribution is 8.06. The molecule has 1 fully saturated rings. The van der Waals surface area contributed by atoms with Crippen molar-refractivity contribution in [3.63, 3.8) is 0 Å². The lowest BCUT2D eigenvalue weighted by molar-refractivity contribution is 0.527. The van der Waals surface area contributed by atoms with Crippen LogP contribution in [0.2, 0.25) is 0 Å². The first-order valence-electron chi connectivity index (χ1n) is 7.64. The first-order valence-corrected chi connectivity index (χ1v) is 9.84. The second kappa shape index (κ2) is 7.77. The van der Waals surface area contributed by atoms with Crippen molar-refractivity contribution in [2.24, 2.45) is 0 Å². The zero-order valence-corrected chi connectivity index (χ0v) is 14.8. The molecule has 3 heteroatoms. The fourth-order valence-corrected chi connectivity index (χ4v) is 5.62. The average molecular weight is 310 g/mol. The number of hydrogen-bond acceptors (Lipinski definition) is 3. The molecular formula is C17H27NS2. The van der Waals surface area contributed by atoms with E-state index >= 15 is 0 Å². The molecule has 1 aliphatic heterocycles. The largest absolute Gasteiger partial charge is 0.309 e. The zero-order valence-electron chi connectivity index (χ0n) is 13.2. The molecule has 2 unspecified atom stereocenters. The van der Waals surface area contributed by atoms with Crippen LogP contribution in [0.25, 0.3) is 0 Å². The Kier molecular flexibility index (Phi) is 6.31. The van der Waals surface area contributed by atoms with E-state index in [2.05, 4.69) is 68.7 Å². The normalized spacial score (nSPS) is 20.9. The van der Waals surface area contributed by atoms with Gasteiger partial charge in [0.1, 0.15) is 0 Å². The molecule has 0 amide bonds. The molecule has 0 saturated carbocycles. The minimum Gasteiger partial charge on any atom is -0.309 e. The molecule has 1 aromatic rings. The fourth-order valence-electron chi connectivity index (χ4n) is 2.76. The van der Waals surface area contributed by atoms with Gasteiger partial charge in [0.15, 0.2) is 0 Å². The standard InChI is InChI=1S/C17H27NS2/c1-5-6-18-17(16-11-19-7-8-20-16)15-10-13(3)12(2)9-14(15)4/h9-10,16-18H,5-8,11H2,1-4H3. The lowest BCUT2D eigenvalue weighted by Gasteiger charge is -2.32. The van der Waals surface area contributed by atoms with Crippen molar-refractivity contribution in [2.75, 3.05) is 23.8 Å². The highest BCUT2D eigenvalue weighted by Crippen LogP contribution is 2.35. The van der Waals surface area contributed by atoms with E-state index in [1.54, 1.807) is 0 Å². The van der Waals surface area contributed by atoms with E-state index in [0.717, 1.165) is 6.54 Å². The second-order valence-corrected chi connectivity index (χ2v) is 8.21. The van der Waals surface area contributed by atoms with Crippen LogP contribution in [-0.2, 0) is 0 Å². The summed E-state index contributed by atoms with van der Waals surface area (Å²) in [7, 11) is 0. The van der Waals surface area contributed by atoms with Gasteiger partial charge in [-0.2, -0.15) is 23.5 Å². The molecule has 0 bridgehead atoms. The van der Waals surface area contributed by atoms with E-state index < -0.39 is 0 Å². The third-order valence-corrected chi connectivity index (χ3v) is 6.91. The first kappa shape index (κ1) is 16.3. The quantitative estimate of drug-likeness (QED) is 0.860. The van der Waals surface area contributed by atoms with Gasteiger partial charge in [0.2, 0.25) is 0 Å². The van der Waals surface area contributed by atoms with Crippen LogP contribution >= 0.6 is 23.5 Å². The van der Waals surface area contributed by atoms with Crippen LogP contribution in [0.1, 0.15) is 41.6 Å². The monoisotopic (exact) mass is 309 g/mol. The molecule has 1 aromatic carbocycles. The molecule has 0 aromatic heterocycles. The maximum atomic E-state index is 3.81. The van der Waals surface area contributed by atoms with Crippen LogP contribution in [0.15, 0.2) is 12.1 Å². The Hall–Kier alpha value is -0.120. The summed E-state index contributed by atoms with van der Waals surface area (Å²) in [4.78, 5) is 0. The van der Waals surface area contributed by atoms with Crippen molar-refractivity contribution in [3.05, 3.63) is 34.4 Å². The minimum atomic E-state index is 0.507. The SMILES string of the molecule is CCCNC(c1cc(C)c(C)cc1C)C1CSCCS1. The summed E-state index contributed by atoms with van der Waals surface area (Å²) in [6.45, 7) is 10.1. The van der Waals surface area contributed by atoms with Crippen LogP contribution in [0.5, 0.6) is 0 Å². The van der Waals surface area contributed by atoms with E-state index in [-0.39, 0.29) is 0 Å². The van der Waals surface area contributed by atoms with Crippen molar-refractivity contribution < 1.29 is 0 Å². The van der Waals surface area contributed by atoms with Gasteiger partial charge in [-0.15, -0.1) is 0 Å². The van der Waals surface area contributed by atoms with E-state index in [1.807, 2.05) is 0 Å². The van der Waals surface area contributed by atoms with Crippen LogP contribution in [0.3, 0.4) is 0 Å². The van der Waals surface area contributed by atoms with Crippen molar-refractivity contribution in [1.29, 1.82) is 0 Å². The lowest BCUT2D eigenvalue weighted by atomic mass is 9.94. The molecule has 112 valence electrons. The van der Waals surface area contributed by atoms with Crippen molar-refractivity contribution in [3.8, 4) is 0 Å². The van der Waals surface area contributed by atoms with Gasteiger partial charge in [-0.3, -0.25) is 0 Å². The Balaban J connectivity index is 2.27. The molecule has 2 rings (SSSR count). The number of thioether (sulfide) groups is 2. The Morgan fingerprint density at radius 1 is 1.15 bits per heavy atom. The topological polar surface area (TPSA) is 12.0 Å². The van der Waals surface area contributed by atoms with Gasteiger partial charge < -0.3 is 5.32 Å². The maximum absolute atomic E-state index is 3.81. The second-order valence-electron chi connectivity index (χ2n) is 5.71. The van der Waals surface area contributed by atoms with E-state index in [0.29, 0.717) is 11.3 Å². The summed E-state index contributed by atoms with van der Waals surface area (Å²) in [5.74, 6) is 3.88. The number of benzene rings is 1. The summed E-state index contributed by atoms with van der Waals surface area (Å²) in [5, 5.41) is 4.52. The van der Waals surface area contributed by atoms with Gasteiger partial charge in [0.05, 0.1) is 0 Å². The highest BCUT2D eigenvalue weighted by atomic mass is 32.2. The molecule has 1 saturated heterocycles. The van der Waals surface area contributed by atoms with Crippen LogP contribution in [-0.4, -0.2) is 29.1 Å². The van der Waals surface area contributed by atoms with Gasteiger partial charge >= 0.3 is 0 Å². The molecule has 20 heavy (non-hydrogen) atoms. The number of hydrogen-bond donors (Lipinski definition) is 1. The Morgan fingerprint density at radius 3 is 2.55 bits per heavy atom. The molecule has 1 N–H and O–H groups in total. The predicted octanol–water partition coefficient (Wildman–Crippen LogP) is 4.50. The molecule has 1 nitrogen and oxygen atoms in total. The molecule has 0 radical (unpaired) electrons. The molecule has 0 spiro atoms. The van der Waals surface area contributed by atoms with Crippen molar-refractivity contribution in [2.45, 2.75) is 45.4 Å². The Morgan fingerprint density at radius 2 is 1.90 bits per heavy atom. The molecule has 0 aliphatic carbocycles. The van der Waals surface area contributed by atoms with Crippen LogP contribution in [0, 0.1) is 20.8 Å². The molecular weight excluding hydrogens is 282 g/mol. The maximum Gasteiger partial charge on any atom is 0.0451 e. The number of rotatable bonds is 5. The fraction of sp³-hybridized carbons (Fsp3) is 0.647. The Bertz CT molecular complexity index is 439. The van der Waals surface area contributed by atoms with Gasteiger partial charge in [-0.05, 0) is 56.0 Å². The lowest BCUT2D eigenvalue weighted by Crippen LogP contribution is -2.34. The molecule has 1 heterocycles. The van der Waals surface area contributed by atoms with Gasteiger partial charge in [0.25, 0.3) is 0 Å². The van der Waals surface area contributed by atoms with Crippen LogP contribution in [0.4, 0.5) is 0 Å². The highest BCUT2D eigenvalue weighted by Gasteiger charge is 2.26. The summed E-state index contributed by atoms with van der Waals surface area (Å²) in [6.07, 6.45) is 1.20. The first-order chi connectivity index (χ1) is 9.63. The zero-order chi connectivity index (χ0) is 14.5. The third-order valence-electron chi connectivity index (χ3n) is 4.05. The summed E-state index contributed by atoms with van der Waals surface area (Å²) >= 11 is 4.26. The van der Waals surface area contributed by atoms with Crippen molar-refractivity contribution in [1.82, 2.24) is 5.32 Å². The summed E-state index contributed by atoms with van der Waals surface area (Å²) in [6, 6.07) is 5.27. The molecule has 1 aliphatic rings. The predicted molar refractivity (Wildman–Crippen MR) is 95.3 cm³/mol. The van der Waals surface area contributed by atoms with E-state index in [4.69, 9.17) is 0 Å². The van der Waals surface area contributed by atoms with Crippen molar-refractivity contribution >= 4 is 23.5 Å². The summed E-state index contributed by atoms with van der Waals surface area (Å²) in [5.41, 5.74) is 5.79. The minimum absolute atomic E-state index is 0.507. The molecule has 2 atom stereocenters. The van der Waals surface area contributed by atoms with E-state index in [1.165, 1.54) is 45.9 Å². The smallest absolute Gasteiger partial charge is 0.0451 e. The Labute approximate surface area is 132 Å². The van der Waals surface area contributed by atoms with Crippen LogP contribution < -0.4 is 5.32 Å². The van der Waals surface area contributed by atoms with Gasteiger partial charge in [0, 0.05) is 28.6 Å². The van der Waals surface area contributed by atoms with Gasteiger partial charge in [-0.1, -0.05) is 19.1 Å². The number of aryl methyl sites for hydroxylation is 3. The third kappa shape index (κ3) is 3.96. The summed E-state index contributed by atoms with van der Waals surface area (Å²) < 4.78 is 0. The van der Waals surface area contributed by atoms with E-state index in [9.17, 15) is 0 Å². The van der Waals surface area contributed by atoms with Gasteiger partial charge in [-0.25, -0.2) is 0 Å². The number of nitrogens with one attached hydrogen (secondary N) is 1.